The number of amides is 2. The Kier molecular flexibility index (Phi) is 6.09. The second kappa shape index (κ2) is 8.69. The van der Waals surface area contributed by atoms with Gasteiger partial charge < -0.3 is 15.0 Å². The topological polar surface area (TPSA) is 75.7 Å². The summed E-state index contributed by atoms with van der Waals surface area (Å²) in [6.45, 7) is 4.39. The van der Waals surface area contributed by atoms with Gasteiger partial charge in [-0.1, -0.05) is 18.2 Å². The molecule has 0 radical (unpaired) electrons. The minimum Gasteiger partial charge on any atom is -0.455 e. The van der Waals surface area contributed by atoms with E-state index in [1.54, 1.807) is 29.2 Å². The molecule has 3 rings (SSSR count). The molecule has 2 amide bonds. The van der Waals surface area contributed by atoms with Crippen LogP contribution < -0.4 is 10.2 Å². The molecule has 2 aromatic rings. The highest BCUT2D eigenvalue weighted by molar-refractivity contribution is 5.96. The van der Waals surface area contributed by atoms with E-state index in [1.165, 1.54) is 0 Å². The molecule has 0 saturated carbocycles. The molecule has 1 aliphatic heterocycles. The lowest BCUT2D eigenvalue weighted by atomic mass is 10.0. The van der Waals surface area contributed by atoms with Gasteiger partial charge in [-0.25, -0.2) is 0 Å². The third-order valence-electron chi connectivity index (χ3n) is 4.82. The van der Waals surface area contributed by atoms with Crippen LogP contribution in [-0.2, 0) is 25.5 Å². The minimum absolute atomic E-state index is 0.118. The molecule has 28 heavy (non-hydrogen) atoms. The summed E-state index contributed by atoms with van der Waals surface area (Å²) >= 11 is 0. The maximum atomic E-state index is 12.0. The van der Waals surface area contributed by atoms with Gasteiger partial charge in [-0.2, -0.15) is 0 Å². The normalized spacial score (nSPS) is 13.5. The Labute approximate surface area is 164 Å². The molecule has 0 aliphatic carbocycles. The summed E-state index contributed by atoms with van der Waals surface area (Å²) in [7, 11) is 0. The van der Waals surface area contributed by atoms with Gasteiger partial charge in [0.25, 0.3) is 5.91 Å². The number of esters is 1. The first-order valence-electron chi connectivity index (χ1n) is 9.34. The first kappa shape index (κ1) is 19.6. The molecule has 6 heteroatoms. The number of anilines is 2. The van der Waals surface area contributed by atoms with E-state index >= 15 is 0 Å². The summed E-state index contributed by atoms with van der Waals surface area (Å²) in [4.78, 5) is 37.5. The number of nitrogens with zero attached hydrogens (tertiary/aromatic N) is 1. The van der Waals surface area contributed by atoms with Crippen LogP contribution in [0.4, 0.5) is 11.4 Å². The molecule has 1 saturated heterocycles. The maximum Gasteiger partial charge on any atom is 0.310 e. The molecule has 0 bridgehead atoms. The van der Waals surface area contributed by atoms with Crippen molar-refractivity contribution in [1.82, 2.24) is 0 Å². The SMILES string of the molecule is Cc1ccc(CC(=O)OCC(=O)Nc2ccc(N3CCCC3=O)cc2)cc1C. The van der Waals surface area contributed by atoms with Crippen molar-refractivity contribution in [3.63, 3.8) is 0 Å². The lowest BCUT2D eigenvalue weighted by Crippen LogP contribution is -2.24. The fraction of sp³-hybridized carbons (Fsp3) is 0.318. The molecule has 0 atom stereocenters. The number of carbonyl (C=O) groups excluding carboxylic acids is 3. The first-order valence-corrected chi connectivity index (χ1v) is 9.34. The van der Waals surface area contributed by atoms with Gasteiger partial charge in [0, 0.05) is 24.3 Å². The van der Waals surface area contributed by atoms with Gasteiger partial charge in [-0.05, 0) is 61.2 Å². The van der Waals surface area contributed by atoms with E-state index in [9.17, 15) is 14.4 Å². The lowest BCUT2D eigenvalue weighted by molar-refractivity contribution is -0.146. The van der Waals surface area contributed by atoms with Crippen molar-refractivity contribution in [3.05, 3.63) is 59.2 Å². The molecule has 0 spiro atoms. The number of benzene rings is 2. The maximum absolute atomic E-state index is 12.0. The first-order chi connectivity index (χ1) is 13.4. The molecule has 1 fully saturated rings. The van der Waals surface area contributed by atoms with Crippen molar-refractivity contribution in [1.29, 1.82) is 0 Å². The van der Waals surface area contributed by atoms with Crippen molar-refractivity contribution in [2.75, 3.05) is 23.4 Å². The third kappa shape index (κ3) is 4.97. The van der Waals surface area contributed by atoms with Gasteiger partial charge in [0.1, 0.15) is 0 Å². The molecular formula is C22H24N2O4. The van der Waals surface area contributed by atoms with Crippen molar-refractivity contribution in [2.45, 2.75) is 33.1 Å². The molecule has 1 heterocycles. The zero-order valence-electron chi connectivity index (χ0n) is 16.2. The Hall–Kier alpha value is -3.15. The largest absolute Gasteiger partial charge is 0.455 e. The highest BCUT2D eigenvalue weighted by atomic mass is 16.5. The van der Waals surface area contributed by atoms with Gasteiger partial charge in [-0.3, -0.25) is 14.4 Å². The summed E-state index contributed by atoms with van der Waals surface area (Å²) < 4.78 is 5.07. The van der Waals surface area contributed by atoms with Crippen LogP contribution in [0.2, 0.25) is 0 Å². The predicted octanol–water partition coefficient (Wildman–Crippen LogP) is 3.15. The van der Waals surface area contributed by atoms with E-state index in [-0.39, 0.29) is 18.9 Å². The monoisotopic (exact) mass is 380 g/mol. The van der Waals surface area contributed by atoms with Crippen LogP contribution in [0.3, 0.4) is 0 Å². The smallest absolute Gasteiger partial charge is 0.310 e. The highest BCUT2D eigenvalue weighted by Crippen LogP contribution is 2.23. The van der Waals surface area contributed by atoms with Crippen LogP contribution in [0.15, 0.2) is 42.5 Å². The summed E-state index contributed by atoms with van der Waals surface area (Å²) in [5.74, 6) is -0.729. The number of hydrogen-bond acceptors (Lipinski definition) is 4. The van der Waals surface area contributed by atoms with Crippen LogP contribution in [0.1, 0.15) is 29.5 Å². The standard InChI is InChI=1S/C22H24N2O4/c1-15-5-6-17(12-16(15)2)13-22(27)28-14-20(25)23-18-7-9-19(10-8-18)24-11-3-4-21(24)26/h5-10,12H,3-4,11,13-14H2,1-2H3,(H,23,25). The van der Waals surface area contributed by atoms with E-state index in [0.29, 0.717) is 12.1 Å². The fourth-order valence-corrected chi connectivity index (χ4v) is 3.12. The van der Waals surface area contributed by atoms with Crippen LogP contribution in [0.25, 0.3) is 0 Å². The Morgan fingerprint density at radius 1 is 1.07 bits per heavy atom. The number of aryl methyl sites for hydroxylation is 2. The highest BCUT2D eigenvalue weighted by Gasteiger charge is 2.21. The Morgan fingerprint density at radius 2 is 1.82 bits per heavy atom. The number of carbonyl (C=O) groups is 3. The molecule has 0 aromatic heterocycles. The number of ether oxygens (including phenoxy) is 1. The number of rotatable bonds is 6. The van der Waals surface area contributed by atoms with Crippen LogP contribution >= 0.6 is 0 Å². The second-order valence-corrected chi connectivity index (χ2v) is 7.00. The molecule has 0 unspecified atom stereocenters. The molecule has 6 nitrogen and oxygen atoms in total. The Bertz CT molecular complexity index is 890. The van der Waals surface area contributed by atoms with Gasteiger partial charge in [0.05, 0.1) is 6.42 Å². The number of hydrogen-bond donors (Lipinski definition) is 1. The Balaban J connectivity index is 1.46. The van der Waals surface area contributed by atoms with E-state index < -0.39 is 11.9 Å². The molecular weight excluding hydrogens is 356 g/mol. The molecule has 2 aromatic carbocycles. The average molecular weight is 380 g/mol. The van der Waals surface area contributed by atoms with E-state index in [0.717, 1.165) is 35.3 Å². The van der Waals surface area contributed by atoms with Crippen LogP contribution in [0, 0.1) is 13.8 Å². The van der Waals surface area contributed by atoms with Gasteiger partial charge in [0.15, 0.2) is 6.61 Å². The average Bonchev–Trinajstić information content (AvgIpc) is 3.10. The van der Waals surface area contributed by atoms with E-state index in [1.807, 2.05) is 32.0 Å². The van der Waals surface area contributed by atoms with E-state index in [2.05, 4.69) is 5.32 Å². The molecule has 1 aliphatic rings. The molecule has 146 valence electrons. The van der Waals surface area contributed by atoms with Crippen LogP contribution in [0.5, 0.6) is 0 Å². The summed E-state index contributed by atoms with van der Waals surface area (Å²) in [5, 5.41) is 2.69. The zero-order valence-corrected chi connectivity index (χ0v) is 16.2. The quantitative estimate of drug-likeness (QED) is 0.781. The van der Waals surface area contributed by atoms with Gasteiger partial charge in [-0.15, -0.1) is 0 Å². The second-order valence-electron chi connectivity index (χ2n) is 7.00. The number of nitrogens with one attached hydrogen (secondary N) is 1. The van der Waals surface area contributed by atoms with Crippen molar-refractivity contribution in [3.8, 4) is 0 Å². The minimum atomic E-state index is -0.443. The Morgan fingerprint density at radius 3 is 2.46 bits per heavy atom. The van der Waals surface area contributed by atoms with Crippen molar-refractivity contribution in [2.24, 2.45) is 0 Å². The summed E-state index contributed by atoms with van der Waals surface area (Å²) in [6.07, 6.45) is 1.57. The van der Waals surface area contributed by atoms with Crippen molar-refractivity contribution < 1.29 is 19.1 Å². The fourth-order valence-electron chi connectivity index (χ4n) is 3.12. The van der Waals surface area contributed by atoms with Gasteiger partial charge >= 0.3 is 5.97 Å². The lowest BCUT2D eigenvalue weighted by Gasteiger charge is -2.16. The predicted molar refractivity (Wildman–Crippen MR) is 107 cm³/mol. The zero-order chi connectivity index (χ0) is 20.1. The van der Waals surface area contributed by atoms with Gasteiger partial charge in [0.2, 0.25) is 5.91 Å². The third-order valence-corrected chi connectivity index (χ3v) is 4.82. The van der Waals surface area contributed by atoms with Crippen molar-refractivity contribution >= 4 is 29.2 Å². The van der Waals surface area contributed by atoms with Crippen LogP contribution in [-0.4, -0.2) is 30.9 Å². The summed E-state index contributed by atoms with van der Waals surface area (Å²) in [6, 6.07) is 12.9. The van der Waals surface area contributed by atoms with E-state index in [4.69, 9.17) is 4.74 Å². The molecule has 1 N–H and O–H groups in total. The summed E-state index contributed by atoms with van der Waals surface area (Å²) in [5.41, 5.74) is 4.55.